The van der Waals surface area contributed by atoms with Gasteiger partial charge in [-0.3, -0.25) is 9.59 Å². The number of fused-ring (bicyclic) bond motifs is 1. The minimum absolute atomic E-state index is 0.00918. The van der Waals surface area contributed by atoms with Gasteiger partial charge in [-0.1, -0.05) is 25.1 Å². The van der Waals surface area contributed by atoms with Crippen molar-refractivity contribution in [2.75, 3.05) is 19.7 Å². The third-order valence-corrected chi connectivity index (χ3v) is 7.34. The van der Waals surface area contributed by atoms with Crippen molar-refractivity contribution in [3.8, 4) is 5.75 Å². The van der Waals surface area contributed by atoms with Gasteiger partial charge in [0, 0.05) is 23.0 Å². The summed E-state index contributed by atoms with van der Waals surface area (Å²) in [5.41, 5.74) is 1.65. The minimum Gasteiger partial charge on any atom is -0.491 e. The molecule has 1 aliphatic heterocycles. The van der Waals surface area contributed by atoms with E-state index in [1.807, 2.05) is 48.4 Å². The second-order valence-electron chi connectivity index (χ2n) is 8.47. The van der Waals surface area contributed by atoms with Crippen molar-refractivity contribution < 1.29 is 18.7 Å². The van der Waals surface area contributed by atoms with E-state index in [-0.39, 0.29) is 42.9 Å². The number of thiophene rings is 1. The number of carbonyl (C=O) groups is 2. The highest BCUT2D eigenvalue weighted by Crippen LogP contribution is 2.34. The van der Waals surface area contributed by atoms with Gasteiger partial charge in [0.15, 0.2) is 0 Å². The molecule has 4 rings (SSSR count). The molecular weight excluding hydrogens is 451 g/mol. The Bertz CT molecular complexity index is 1120. The molecule has 0 bridgehead atoms. The molecule has 7 heteroatoms. The zero-order chi connectivity index (χ0) is 24.1. The van der Waals surface area contributed by atoms with E-state index >= 15 is 0 Å². The summed E-state index contributed by atoms with van der Waals surface area (Å²) in [6.45, 7) is 4.82. The molecule has 0 aliphatic carbocycles. The van der Waals surface area contributed by atoms with E-state index in [1.165, 1.54) is 17.0 Å². The molecule has 2 amide bonds. The summed E-state index contributed by atoms with van der Waals surface area (Å²) in [7, 11) is 0. The number of halogens is 1. The highest BCUT2D eigenvalue weighted by Gasteiger charge is 2.34. The lowest BCUT2D eigenvalue weighted by Crippen LogP contribution is -2.49. The molecule has 1 aromatic heterocycles. The number of amides is 2. The lowest BCUT2D eigenvalue weighted by atomic mass is 10.00. The lowest BCUT2D eigenvalue weighted by molar-refractivity contribution is -0.136. The summed E-state index contributed by atoms with van der Waals surface area (Å²) in [5.74, 6) is -0.0171. The number of benzene rings is 2. The van der Waals surface area contributed by atoms with Gasteiger partial charge in [-0.15, -0.1) is 11.3 Å². The maximum Gasteiger partial charge on any atom is 0.254 e. The van der Waals surface area contributed by atoms with Gasteiger partial charge in [-0.25, -0.2) is 4.39 Å². The van der Waals surface area contributed by atoms with Gasteiger partial charge in [0.2, 0.25) is 5.91 Å². The normalized spacial score (nSPS) is 16.0. The highest BCUT2D eigenvalue weighted by atomic mass is 32.1. The van der Waals surface area contributed by atoms with Gasteiger partial charge < -0.3 is 14.5 Å². The Balaban J connectivity index is 1.54. The molecule has 34 heavy (non-hydrogen) atoms. The summed E-state index contributed by atoms with van der Waals surface area (Å²) >= 11 is 1.68. The third kappa shape index (κ3) is 5.30. The second kappa shape index (κ2) is 10.8. The summed E-state index contributed by atoms with van der Waals surface area (Å²) in [5, 5.41) is 2.04. The molecule has 0 radical (unpaired) electrons. The van der Waals surface area contributed by atoms with E-state index in [0.717, 1.165) is 18.4 Å². The fourth-order valence-corrected chi connectivity index (χ4v) is 5.14. The Labute approximate surface area is 203 Å². The lowest BCUT2D eigenvalue weighted by Gasteiger charge is -2.38. The van der Waals surface area contributed by atoms with Crippen LogP contribution in [0.15, 0.2) is 66.0 Å². The molecule has 0 fully saturated rings. The standard InChI is InChI=1S/C27H29FN2O3S/c1-3-19(2)30(27(32)20-7-5-4-6-8-20)17-26(31)29-15-13-25-23(14-16-34-25)24(29)18-33-22-11-9-21(28)10-12-22/h4-12,14,16,19,24H,3,13,15,17-18H2,1-2H3/t19-,24+/m1/s1. The van der Waals surface area contributed by atoms with Crippen LogP contribution in [-0.4, -0.2) is 47.4 Å². The minimum atomic E-state index is -0.324. The van der Waals surface area contributed by atoms with Crippen LogP contribution in [-0.2, 0) is 11.2 Å². The molecule has 1 aliphatic rings. The summed E-state index contributed by atoms with van der Waals surface area (Å²) < 4.78 is 19.2. The van der Waals surface area contributed by atoms with Gasteiger partial charge >= 0.3 is 0 Å². The van der Waals surface area contributed by atoms with Crippen molar-refractivity contribution in [3.63, 3.8) is 0 Å². The Morgan fingerprint density at radius 3 is 2.59 bits per heavy atom. The topological polar surface area (TPSA) is 49.9 Å². The Kier molecular flexibility index (Phi) is 7.63. The van der Waals surface area contributed by atoms with Crippen LogP contribution in [0.25, 0.3) is 0 Å². The summed E-state index contributed by atoms with van der Waals surface area (Å²) in [6.07, 6.45) is 1.53. The van der Waals surface area contributed by atoms with E-state index in [9.17, 15) is 14.0 Å². The molecular formula is C27H29FN2O3S. The maximum atomic E-state index is 13.6. The van der Waals surface area contributed by atoms with Crippen molar-refractivity contribution in [1.82, 2.24) is 9.80 Å². The van der Waals surface area contributed by atoms with Crippen LogP contribution in [0.3, 0.4) is 0 Å². The first kappa shape index (κ1) is 24.0. The van der Waals surface area contributed by atoms with E-state index < -0.39 is 0 Å². The molecule has 178 valence electrons. The average molecular weight is 481 g/mol. The molecule has 5 nitrogen and oxygen atoms in total. The predicted molar refractivity (Wildman–Crippen MR) is 132 cm³/mol. The quantitative estimate of drug-likeness (QED) is 0.438. The van der Waals surface area contributed by atoms with E-state index in [4.69, 9.17) is 4.74 Å². The molecule has 0 saturated carbocycles. The van der Waals surface area contributed by atoms with Gasteiger partial charge in [0.25, 0.3) is 5.91 Å². The number of carbonyl (C=O) groups excluding carboxylic acids is 2. The van der Waals surface area contributed by atoms with Crippen LogP contribution in [0.5, 0.6) is 5.75 Å². The van der Waals surface area contributed by atoms with Crippen molar-refractivity contribution in [1.29, 1.82) is 0 Å². The van der Waals surface area contributed by atoms with Crippen LogP contribution in [0.1, 0.15) is 47.1 Å². The number of ether oxygens (including phenoxy) is 1. The Morgan fingerprint density at radius 1 is 1.15 bits per heavy atom. The first-order chi connectivity index (χ1) is 16.5. The van der Waals surface area contributed by atoms with Gasteiger partial charge in [-0.2, -0.15) is 0 Å². The van der Waals surface area contributed by atoms with Gasteiger partial charge in [0.1, 0.15) is 24.7 Å². The van der Waals surface area contributed by atoms with Gasteiger partial charge in [0.05, 0.1) is 6.04 Å². The van der Waals surface area contributed by atoms with Crippen LogP contribution >= 0.6 is 11.3 Å². The number of rotatable bonds is 8. The van der Waals surface area contributed by atoms with Crippen LogP contribution in [0, 0.1) is 5.82 Å². The van der Waals surface area contributed by atoms with E-state index in [2.05, 4.69) is 0 Å². The molecule has 2 heterocycles. The predicted octanol–water partition coefficient (Wildman–Crippen LogP) is 5.33. The molecule has 0 saturated heterocycles. The van der Waals surface area contributed by atoms with Crippen LogP contribution in [0.4, 0.5) is 4.39 Å². The zero-order valence-electron chi connectivity index (χ0n) is 19.4. The van der Waals surface area contributed by atoms with Crippen LogP contribution in [0.2, 0.25) is 0 Å². The monoisotopic (exact) mass is 480 g/mol. The van der Waals surface area contributed by atoms with E-state index in [1.54, 1.807) is 40.5 Å². The summed E-state index contributed by atoms with van der Waals surface area (Å²) in [4.78, 5) is 31.6. The molecule has 0 unspecified atom stereocenters. The van der Waals surface area contributed by atoms with Crippen molar-refractivity contribution in [2.24, 2.45) is 0 Å². The zero-order valence-corrected chi connectivity index (χ0v) is 20.3. The maximum absolute atomic E-state index is 13.6. The van der Waals surface area contributed by atoms with Crippen molar-refractivity contribution in [3.05, 3.63) is 87.9 Å². The van der Waals surface area contributed by atoms with E-state index in [0.29, 0.717) is 17.9 Å². The highest BCUT2D eigenvalue weighted by molar-refractivity contribution is 7.10. The van der Waals surface area contributed by atoms with Crippen molar-refractivity contribution in [2.45, 2.75) is 38.8 Å². The van der Waals surface area contributed by atoms with Crippen LogP contribution < -0.4 is 4.74 Å². The molecule has 2 aromatic carbocycles. The molecule has 3 aromatic rings. The fraction of sp³-hybridized carbons (Fsp3) is 0.333. The fourth-order valence-electron chi connectivity index (χ4n) is 4.21. The molecule has 0 spiro atoms. The third-order valence-electron chi connectivity index (χ3n) is 6.35. The van der Waals surface area contributed by atoms with Crippen molar-refractivity contribution >= 4 is 23.2 Å². The average Bonchev–Trinajstić information content (AvgIpc) is 3.35. The molecule has 0 N–H and O–H groups in total. The number of hydrogen-bond acceptors (Lipinski definition) is 4. The Morgan fingerprint density at radius 2 is 1.88 bits per heavy atom. The van der Waals surface area contributed by atoms with Gasteiger partial charge in [-0.05, 0) is 73.2 Å². The first-order valence-electron chi connectivity index (χ1n) is 11.6. The molecule has 2 atom stereocenters. The number of hydrogen-bond donors (Lipinski definition) is 0. The first-order valence-corrected chi connectivity index (χ1v) is 12.5. The Hall–Kier alpha value is -3.19. The second-order valence-corrected chi connectivity index (χ2v) is 9.47. The largest absolute Gasteiger partial charge is 0.491 e. The summed E-state index contributed by atoms with van der Waals surface area (Å²) in [6, 6.07) is 16.7. The smallest absolute Gasteiger partial charge is 0.254 e. The number of nitrogens with zero attached hydrogens (tertiary/aromatic N) is 2. The SMILES string of the molecule is CC[C@@H](C)N(CC(=O)N1CCc2sccc2[C@@H]1COc1ccc(F)cc1)C(=O)c1ccccc1.